The maximum Gasteiger partial charge on any atom is 0.317 e. The molecule has 1 unspecified atom stereocenters. The summed E-state index contributed by atoms with van der Waals surface area (Å²) in [7, 11) is 0. The third-order valence-electron chi connectivity index (χ3n) is 5.26. The number of rotatable bonds is 3. The molecule has 1 saturated heterocycles. The summed E-state index contributed by atoms with van der Waals surface area (Å²) in [6.45, 7) is 8.16. The van der Waals surface area contributed by atoms with Crippen molar-refractivity contribution in [2.24, 2.45) is 11.8 Å². The van der Waals surface area contributed by atoms with E-state index in [1.54, 1.807) is 4.80 Å². The fourth-order valence-electron chi connectivity index (χ4n) is 3.87. The largest absolute Gasteiger partial charge is 0.331 e. The minimum atomic E-state index is -0.198. The van der Waals surface area contributed by atoms with E-state index in [1.807, 2.05) is 25.7 Å². The fraction of sp³-hybridized carbons (Fsp3) is 0.882. The van der Waals surface area contributed by atoms with E-state index in [2.05, 4.69) is 20.7 Å². The van der Waals surface area contributed by atoms with Crippen LogP contribution in [0.25, 0.3) is 0 Å². The molecule has 0 spiro atoms. The van der Waals surface area contributed by atoms with Gasteiger partial charge in [0.05, 0.1) is 12.1 Å². The summed E-state index contributed by atoms with van der Waals surface area (Å²) >= 11 is 0. The molecule has 7 heteroatoms. The number of amides is 2. The van der Waals surface area contributed by atoms with Crippen molar-refractivity contribution < 1.29 is 4.79 Å². The van der Waals surface area contributed by atoms with Crippen molar-refractivity contribution in [3.8, 4) is 0 Å². The van der Waals surface area contributed by atoms with E-state index in [-0.39, 0.29) is 11.6 Å². The van der Waals surface area contributed by atoms with Crippen LogP contribution in [-0.4, -0.2) is 44.2 Å². The summed E-state index contributed by atoms with van der Waals surface area (Å²) in [5.41, 5.74) is -0.198. The van der Waals surface area contributed by atoms with Crippen LogP contribution in [0.3, 0.4) is 0 Å². The first-order chi connectivity index (χ1) is 11.4. The number of urea groups is 1. The predicted octanol–water partition coefficient (Wildman–Crippen LogP) is 2.54. The molecule has 0 bridgehead atoms. The third-order valence-corrected chi connectivity index (χ3v) is 5.26. The van der Waals surface area contributed by atoms with Crippen molar-refractivity contribution in [1.82, 2.24) is 30.4 Å². The minimum Gasteiger partial charge on any atom is -0.331 e. The van der Waals surface area contributed by atoms with Gasteiger partial charge in [0.2, 0.25) is 0 Å². The SMILES string of the molecule is CC(C)(C)n1nnc(CNC(=O)N2CCCC(C3CCCC3)C2)n1. The van der Waals surface area contributed by atoms with E-state index in [1.165, 1.54) is 32.1 Å². The highest BCUT2D eigenvalue weighted by Gasteiger charge is 2.31. The van der Waals surface area contributed by atoms with E-state index >= 15 is 0 Å². The molecule has 2 fully saturated rings. The van der Waals surface area contributed by atoms with Gasteiger partial charge >= 0.3 is 6.03 Å². The molecule has 2 aliphatic rings. The number of nitrogens with one attached hydrogen (secondary N) is 1. The van der Waals surface area contributed by atoms with E-state index in [0.29, 0.717) is 18.3 Å². The number of likely N-dealkylation sites (tertiary alicyclic amines) is 1. The average molecular weight is 334 g/mol. The number of carbonyl (C=O) groups is 1. The predicted molar refractivity (Wildman–Crippen MR) is 91.3 cm³/mol. The summed E-state index contributed by atoms with van der Waals surface area (Å²) in [5, 5.41) is 15.4. The van der Waals surface area contributed by atoms with Crippen molar-refractivity contribution in [3.05, 3.63) is 5.82 Å². The van der Waals surface area contributed by atoms with E-state index in [4.69, 9.17) is 0 Å². The normalized spacial score (nSPS) is 22.8. The second-order valence-electron chi connectivity index (χ2n) is 8.22. The lowest BCUT2D eigenvalue weighted by atomic mass is 9.84. The maximum absolute atomic E-state index is 12.5. The molecule has 1 atom stereocenters. The number of carbonyl (C=O) groups excluding carboxylic acids is 1. The Hall–Kier alpha value is -1.66. The highest BCUT2D eigenvalue weighted by molar-refractivity contribution is 5.74. The second-order valence-corrected chi connectivity index (χ2v) is 8.22. The van der Waals surface area contributed by atoms with Gasteiger partial charge in [0.15, 0.2) is 5.82 Å². The molecular weight excluding hydrogens is 304 g/mol. The molecular formula is C17H30N6O. The molecule has 7 nitrogen and oxygen atoms in total. The van der Waals surface area contributed by atoms with Crippen LogP contribution in [0.4, 0.5) is 4.79 Å². The zero-order chi connectivity index (χ0) is 17.2. The van der Waals surface area contributed by atoms with E-state index < -0.39 is 0 Å². The Morgan fingerprint density at radius 2 is 1.88 bits per heavy atom. The monoisotopic (exact) mass is 334 g/mol. The standard InChI is InChI=1S/C17H30N6O/c1-17(2,3)23-20-15(19-21-23)11-18-16(24)22-10-6-9-14(12-22)13-7-4-5-8-13/h13-14H,4-12H2,1-3H3,(H,18,24). The smallest absolute Gasteiger partial charge is 0.317 e. The fourth-order valence-corrected chi connectivity index (χ4v) is 3.87. The number of aromatic nitrogens is 4. The summed E-state index contributed by atoms with van der Waals surface area (Å²) in [5.74, 6) is 2.07. The van der Waals surface area contributed by atoms with Crippen LogP contribution in [-0.2, 0) is 12.1 Å². The number of tetrazole rings is 1. The maximum atomic E-state index is 12.5. The quantitative estimate of drug-likeness (QED) is 0.921. The Morgan fingerprint density at radius 3 is 2.54 bits per heavy atom. The molecule has 1 aromatic heterocycles. The Morgan fingerprint density at radius 1 is 1.17 bits per heavy atom. The summed E-state index contributed by atoms with van der Waals surface area (Å²) in [6.07, 6.45) is 7.81. The van der Waals surface area contributed by atoms with Crippen LogP contribution in [0.1, 0.15) is 65.1 Å². The molecule has 2 amide bonds. The Kier molecular flexibility index (Phi) is 5.06. The third kappa shape index (κ3) is 4.05. The van der Waals surface area contributed by atoms with Gasteiger partial charge in [-0.1, -0.05) is 25.7 Å². The highest BCUT2D eigenvalue weighted by atomic mass is 16.2. The Labute approximate surface area is 144 Å². The van der Waals surface area contributed by atoms with Gasteiger partial charge in [0, 0.05) is 13.1 Å². The van der Waals surface area contributed by atoms with Crippen molar-refractivity contribution in [2.75, 3.05) is 13.1 Å². The molecule has 2 heterocycles. The lowest BCUT2D eigenvalue weighted by molar-refractivity contribution is 0.141. The molecule has 1 saturated carbocycles. The van der Waals surface area contributed by atoms with Crippen LogP contribution in [0.2, 0.25) is 0 Å². The number of piperidine rings is 1. The first kappa shape index (κ1) is 17.2. The van der Waals surface area contributed by atoms with Gasteiger partial charge < -0.3 is 10.2 Å². The van der Waals surface area contributed by atoms with Gasteiger partial charge in [-0.25, -0.2) is 4.79 Å². The van der Waals surface area contributed by atoms with Crippen molar-refractivity contribution >= 4 is 6.03 Å². The number of hydrogen-bond acceptors (Lipinski definition) is 4. The zero-order valence-corrected chi connectivity index (χ0v) is 15.2. The molecule has 1 aromatic rings. The molecule has 0 aromatic carbocycles. The molecule has 1 aliphatic heterocycles. The molecule has 1 aliphatic carbocycles. The van der Waals surface area contributed by atoms with Crippen molar-refractivity contribution in [1.29, 1.82) is 0 Å². The van der Waals surface area contributed by atoms with Gasteiger partial charge in [0.1, 0.15) is 0 Å². The lowest BCUT2D eigenvalue weighted by Crippen LogP contribution is -2.46. The first-order valence-corrected chi connectivity index (χ1v) is 9.25. The van der Waals surface area contributed by atoms with Crippen molar-refractivity contribution in [3.63, 3.8) is 0 Å². The Bertz CT molecular complexity index is 558. The van der Waals surface area contributed by atoms with E-state index in [9.17, 15) is 4.79 Å². The average Bonchev–Trinajstić information content (AvgIpc) is 3.23. The van der Waals surface area contributed by atoms with E-state index in [0.717, 1.165) is 25.4 Å². The molecule has 1 N–H and O–H groups in total. The summed E-state index contributed by atoms with van der Waals surface area (Å²) < 4.78 is 0. The molecule has 3 rings (SSSR count). The molecule has 24 heavy (non-hydrogen) atoms. The van der Waals surface area contributed by atoms with Gasteiger partial charge in [-0.05, 0) is 50.7 Å². The van der Waals surface area contributed by atoms with Gasteiger partial charge in [-0.3, -0.25) is 0 Å². The number of hydrogen-bond donors (Lipinski definition) is 1. The molecule has 134 valence electrons. The van der Waals surface area contributed by atoms with Crippen LogP contribution in [0, 0.1) is 11.8 Å². The van der Waals surface area contributed by atoms with Gasteiger partial charge in [0.25, 0.3) is 0 Å². The summed E-state index contributed by atoms with van der Waals surface area (Å²) in [6, 6.07) is 0.00445. The summed E-state index contributed by atoms with van der Waals surface area (Å²) in [4.78, 5) is 16.0. The topological polar surface area (TPSA) is 75.9 Å². The number of nitrogens with zero attached hydrogens (tertiary/aromatic N) is 5. The second kappa shape index (κ2) is 7.07. The van der Waals surface area contributed by atoms with Crippen LogP contribution >= 0.6 is 0 Å². The van der Waals surface area contributed by atoms with Crippen molar-refractivity contribution in [2.45, 2.75) is 71.4 Å². The Balaban J connectivity index is 1.50. The lowest BCUT2D eigenvalue weighted by Gasteiger charge is -2.35. The first-order valence-electron chi connectivity index (χ1n) is 9.25. The van der Waals surface area contributed by atoms with Crippen LogP contribution < -0.4 is 5.32 Å². The zero-order valence-electron chi connectivity index (χ0n) is 15.2. The van der Waals surface area contributed by atoms with Gasteiger partial charge in [-0.2, -0.15) is 4.80 Å². The van der Waals surface area contributed by atoms with Crippen LogP contribution in [0.15, 0.2) is 0 Å². The molecule has 0 radical (unpaired) electrons. The minimum absolute atomic E-state index is 0.00445. The van der Waals surface area contributed by atoms with Gasteiger partial charge in [-0.15, -0.1) is 10.2 Å². The van der Waals surface area contributed by atoms with Crippen LogP contribution in [0.5, 0.6) is 0 Å². The highest BCUT2D eigenvalue weighted by Crippen LogP contribution is 2.35.